The van der Waals surface area contributed by atoms with Crippen molar-refractivity contribution in [3.63, 3.8) is 0 Å². The van der Waals surface area contributed by atoms with Crippen LogP contribution in [0, 0.1) is 13.8 Å². The molecule has 2 amide bonds. The number of anilines is 2. The van der Waals surface area contributed by atoms with E-state index in [0.29, 0.717) is 22.1 Å². The number of carbonyl (C=O) groups excluding carboxylic acids is 2. The number of thiazole rings is 1. The van der Waals surface area contributed by atoms with Gasteiger partial charge in [0.05, 0.1) is 23.9 Å². The lowest BCUT2D eigenvalue weighted by molar-refractivity contribution is -0.115. The van der Waals surface area contributed by atoms with Crippen molar-refractivity contribution in [1.29, 1.82) is 0 Å². The van der Waals surface area contributed by atoms with E-state index in [1.807, 2.05) is 24.8 Å². The third-order valence-corrected chi connectivity index (χ3v) is 7.04. The summed E-state index contributed by atoms with van der Waals surface area (Å²) in [6.07, 6.45) is 1.62. The monoisotopic (exact) mass is 470 g/mol. The zero-order valence-corrected chi connectivity index (χ0v) is 19.8. The summed E-state index contributed by atoms with van der Waals surface area (Å²) in [7, 11) is 0. The Labute approximate surface area is 195 Å². The molecule has 1 aromatic carbocycles. The molecular formula is C23H26N4O3S2. The van der Waals surface area contributed by atoms with Crippen molar-refractivity contribution < 1.29 is 14.0 Å². The zero-order chi connectivity index (χ0) is 22.5. The number of furan rings is 1. The molecule has 1 fully saturated rings. The van der Waals surface area contributed by atoms with Gasteiger partial charge in [-0.3, -0.25) is 19.8 Å². The minimum Gasteiger partial charge on any atom is -0.469 e. The summed E-state index contributed by atoms with van der Waals surface area (Å²) < 4.78 is 5.16. The highest BCUT2D eigenvalue weighted by Gasteiger charge is 2.15. The van der Waals surface area contributed by atoms with E-state index in [9.17, 15) is 9.59 Å². The van der Waals surface area contributed by atoms with E-state index in [0.717, 1.165) is 30.9 Å². The van der Waals surface area contributed by atoms with Gasteiger partial charge < -0.3 is 9.73 Å². The van der Waals surface area contributed by atoms with Gasteiger partial charge >= 0.3 is 0 Å². The molecule has 0 bridgehead atoms. The first kappa shape index (κ1) is 22.6. The Morgan fingerprint density at radius 2 is 1.97 bits per heavy atom. The lowest BCUT2D eigenvalue weighted by atomic mass is 10.1. The van der Waals surface area contributed by atoms with E-state index >= 15 is 0 Å². The van der Waals surface area contributed by atoms with Crippen LogP contribution in [0.25, 0.3) is 0 Å². The zero-order valence-electron chi connectivity index (χ0n) is 18.1. The molecule has 2 aromatic heterocycles. The second kappa shape index (κ2) is 10.3. The summed E-state index contributed by atoms with van der Waals surface area (Å²) in [5.41, 5.74) is 4.21. The van der Waals surface area contributed by atoms with E-state index in [1.54, 1.807) is 18.4 Å². The normalized spacial score (nSPS) is 14.3. The van der Waals surface area contributed by atoms with Gasteiger partial charge in [0.15, 0.2) is 5.13 Å². The van der Waals surface area contributed by atoms with Crippen molar-refractivity contribution >= 4 is 45.7 Å². The highest BCUT2D eigenvalue weighted by Crippen LogP contribution is 2.21. The molecule has 2 N–H and O–H groups in total. The molecule has 7 nitrogen and oxygen atoms in total. The average Bonchev–Trinajstić information content (AvgIpc) is 3.39. The maximum Gasteiger partial charge on any atom is 0.260 e. The summed E-state index contributed by atoms with van der Waals surface area (Å²) in [5.74, 6) is 2.52. The Bertz CT molecular complexity index is 1100. The number of thioether (sulfide) groups is 1. The fourth-order valence-electron chi connectivity index (χ4n) is 3.57. The lowest BCUT2D eigenvalue weighted by Gasteiger charge is -2.26. The first-order chi connectivity index (χ1) is 15.5. The number of aryl methyl sites for hydroxylation is 2. The predicted molar refractivity (Wildman–Crippen MR) is 130 cm³/mol. The third-order valence-electron chi connectivity index (χ3n) is 5.29. The highest BCUT2D eigenvalue weighted by atomic mass is 32.2. The van der Waals surface area contributed by atoms with Gasteiger partial charge in [0.1, 0.15) is 5.76 Å². The van der Waals surface area contributed by atoms with Gasteiger partial charge in [-0.15, -0.1) is 11.3 Å². The number of aromatic nitrogens is 1. The molecule has 168 valence electrons. The van der Waals surface area contributed by atoms with Crippen LogP contribution in [-0.4, -0.2) is 46.3 Å². The third kappa shape index (κ3) is 5.79. The molecule has 1 aliphatic rings. The van der Waals surface area contributed by atoms with Crippen LogP contribution in [0.3, 0.4) is 0 Å². The number of rotatable bonds is 7. The Balaban J connectivity index is 1.31. The van der Waals surface area contributed by atoms with E-state index in [2.05, 4.69) is 32.7 Å². The van der Waals surface area contributed by atoms with E-state index in [1.165, 1.54) is 34.7 Å². The summed E-state index contributed by atoms with van der Waals surface area (Å²) in [6, 6.07) is 7.82. The quantitative estimate of drug-likeness (QED) is 0.534. The van der Waals surface area contributed by atoms with Gasteiger partial charge in [0.2, 0.25) is 5.91 Å². The molecule has 3 aromatic rings. The molecule has 32 heavy (non-hydrogen) atoms. The molecule has 0 spiro atoms. The number of amides is 2. The standard InChI is InChI=1S/C23H26N4O3S2/c1-15-11-17(13-27-6-9-31-10-7-27)3-4-20(15)25-21(28)12-18-14-32-23(24-18)26-22(29)19-5-8-30-16(19)2/h3-5,8,11,14H,6-7,9-10,12-13H2,1-2H3,(H,25,28)(H,24,26,29). The highest BCUT2D eigenvalue weighted by molar-refractivity contribution is 7.99. The fourth-order valence-corrected chi connectivity index (χ4v) is 5.26. The van der Waals surface area contributed by atoms with Gasteiger partial charge in [-0.1, -0.05) is 12.1 Å². The topological polar surface area (TPSA) is 87.5 Å². The van der Waals surface area contributed by atoms with Gasteiger partial charge in [0, 0.05) is 42.2 Å². The van der Waals surface area contributed by atoms with Crippen LogP contribution in [0.15, 0.2) is 40.3 Å². The second-order valence-electron chi connectivity index (χ2n) is 7.75. The Kier molecular flexibility index (Phi) is 7.29. The molecule has 3 heterocycles. The van der Waals surface area contributed by atoms with E-state index < -0.39 is 0 Å². The molecule has 0 unspecified atom stereocenters. The van der Waals surface area contributed by atoms with Gasteiger partial charge in [-0.2, -0.15) is 11.8 Å². The molecule has 9 heteroatoms. The summed E-state index contributed by atoms with van der Waals surface area (Å²) in [4.78, 5) is 31.6. The molecule has 0 saturated carbocycles. The Morgan fingerprint density at radius 3 is 2.69 bits per heavy atom. The summed E-state index contributed by atoms with van der Waals surface area (Å²) in [6.45, 7) is 6.94. The fraction of sp³-hybridized carbons (Fsp3) is 0.348. The Morgan fingerprint density at radius 1 is 1.16 bits per heavy atom. The van der Waals surface area contributed by atoms with Crippen molar-refractivity contribution in [3.05, 3.63) is 64.1 Å². The van der Waals surface area contributed by atoms with Crippen LogP contribution in [0.2, 0.25) is 0 Å². The van der Waals surface area contributed by atoms with E-state index in [-0.39, 0.29) is 18.2 Å². The first-order valence-corrected chi connectivity index (χ1v) is 12.5. The number of nitrogens with zero attached hydrogens (tertiary/aromatic N) is 2. The largest absolute Gasteiger partial charge is 0.469 e. The van der Waals surface area contributed by atoms with Crippen LogP contribution in [0.4, 0.5) is 10.8 Å². The van der Waals surface area contributed by atoms with Crippen molar-refractivity contribution in [2.75, 3.05) is 35.2 Å². The Hall–Kier alpha value is -2.62. The van der Waals surface area contributed by atoms with Gasteiger partial charge in [-0.05, 0) is 37.1 Å². The van der Waals surface area contributed by atoms with Crippen molar-refractivity contribution in [3.8, 4) is 0 Å². The summed E-state index contributed by atoms with van der Waals surface area (Å²) in [5, 5.41) is 7.96. The summed E-state index contributed by atoms with van der Waals surface area (Å²) >= 11 is 3.30. The molecule has 0 radical (unpaired) electrons. The van der Waals surface area contributed by atoms with Gasteiger partial charge in [0.25, 0.3) is 5.91 Å². The van der Waals surface area contributed by atoms with Crippen LogP contribution >= 0.6 is 23.1 Å². The maximum atomic E-state index is 12.5. The molecular weight excluding hydrogens is 444 g/mol. The van der Waals surface area contributed by atoms with E-state index in [4.69, 9.17) is 4.42 Å². The minimum atomic E-state index is -0.277. The average molecular weight is 471 g/mol. The maximum absolute atomic E-state index is 12.5. The number of benzene rings is 1. The molecule has 4 rings (SSSR count). The molecule has 0 aliphatic carbocycles. The number of carbonyl (C=O) groups is 2. The van der Waals surface area contributed by atoms with Crippen LogP contribution in [-0.2, 0) is 17.8 Å². The van der Waals surface area contributed by atoms with Crippen molar-refractivity contribution in [1.82, 2.24) is 9.88 Å². The van der Waals surface area contributed by atoms with Crippen molar-refractivity contribution in [2.24, 2.45) is 0 Å². The minimum absolute atomic E-state index is 0.136. The first-order valence-electron chi connectivity index (χ1n) is 10.5. The van der Waals surface area contributed by atoms with Crippen molar-refractivity contribution in [2.45, 2.75) is 26.8 Å². The second-order valence-corrected chi connectivity index (χ2v) is 9.83. The number of hydrogen-bond donors (Lipinski definition) is 2. The number of nitrogens with one attached hydrogen (secondary N) is 2. The molecule has 0 atom stereocenters. The lowest BCUT2D eigenvalue weighted by Crippen LogP contribution is -2.31. The van der Waals surface area contributed by atoms with Crippen LogP contribution in [0.1, 0.15) is 32.9 Å². The van der Waals surface area contributed by atoms with Gasteiger partial charge in [-0.25, -0.2) is 4.98 Å². The number of hydrogen-bond acceptors (Lipinski definition) is 7. The van der Waals surface area contributed by atoms with Crippen LogP contribution in [0.5, 0.6) is 0 Å². The predicted octanol–water partition coefficient (Wildman–Crippen LogP) is 4.34. The molecule has 1 aliphatic heterocycles. The van der Waals surface area contributed by atoms with Crippen LogP contribution < -0.4 is 10.6 Å². The smallest absolute Gasteiger partial charge is 0.260 e. The SMILES string of the molecule is Cc1cc(CN2CCSCC2)ccc1NC(=O)Cc1csc(NC(=O)c2ccoc2C)n1. The molecule has 1 saturated heterocycles.